The lowest BCUT2D eigenvalue weighted by molar-refractivity contribution is 0.373. The molecule has 1 saturated carbocycles. The Bertz CT molecular complexity index is 513. The number of nitrogens with zero attached hydrogens (tertiary/aromatic N) is 1. The maximum absolute atomic E-state index is 12.1. The lowest BCUT2D eigenvalue weighted by atomic mass is 9.93. The Morgan fingerprint density at radius 2 is 2.00 bits per heavy atom. The Morgan fingerprint density at radius 1 is 1.33 bits per heavy atom. The summed E-state index contributed by atoms with van der Waals surface area (Å²) in [6.07, 6.45) is 4.64. The summed E-state index contributed by atoms with van der Waals surface area (Å²) in [6, 6.07) is 2.93. The Kier molecular flexibility index (Phi) is 4.21. The molecule has 3 N–H and O–H groups in total. The van der Waals surface area contributed by atoms with Crippen LogP contribution in [0.3, 0.4) is 0 Å². The third-order valence-electron chi connectivity index (χ3n) is 3.10. The number of rotatable bonds is 3. The molecule has 0 atom stereocenters. The van der Waals surface area contributed by atoms with Crippen molar-refractivity contribution < 1.29 is 8.42 Å². The maximum Gasteiger partial charge on any atom is 0.240 e. The van der Waals surface area contributed by atoms with Crippen molar-refractivity contribution in [2.75, 3.05) is 0 Å². The van der Waals surface area contributed by atoms with E-state index in [1.54, 1.807) is 0 Å². The van der Waals surface area contributed by atoms with Gasteiger partial charge in [0.1, 0.15) is 5.15 Å². The molecule has 0 saturated heterocycles. The average molecular weight is 290 g/mol. The van der Waals surface area contributed by atoms with Crippen molar-refractivity contribution in [3.8, 4) is 0 Å². The van der Waals surface area contributed by atoms with Gasteiger partial charge >= 0.3 is 0 Å². The molecule has 1 aliphatic carbocycles. The Hall–Kier alpha value is -0.690. The number of nitrogens with one attached hydrogen (secondary N) is 1. The van der Waals surface area contributed by atoms with Gasteiger partial charge in [0.15, 0.2) is 0 Å². The van der Waals surface area contributed by atoms with Crippen molar-refractivity contribution in [1.82, 2.24) is 9.71 Å². The second-order valence-electron chi connectivity index (χ2n) is 4.55. The second-order valence-corrected chi connectivity index (χ2v) is 6.65. The monoisotopic (exact) mass is 289 g/mol. The molecule has 0 amide bonds. The highest BCUT2D eigenvalue weighted by Gasteiger charge is 2.24. The van der Waals surface area contributed by atoms with Crippen molar-refractivity contribution in [2.45, 2.75) is 42.7 Å². The second kappa shape index (κ2) is 5.52. The first-order chi connectivity index (χ1) is 8.47. The summed E-state index contributed by atoms with van der Waals surface area (Å²) in [5, 5.41) is 0.170. The molecule has 0 radical (unpaired) electrons. The SMILES string of the molecule is NC1CCC(NS(=O)(=O)c2ccnc(Cl)c2)CC1. The minimum absolute atomic E-state index is 0.0401. The zero-order chi connectivity index (χ0) is 13.2. The van der Waals surface area contributed by atoms with Crippen LogP contribution in [0.15, 0.2) is 23.2 Å². The maximum atomic E-state index is 12.1. The van der Waals surface area contributed by atoms with Gasteiger partial charge in [0.25, 0.3) is 0 Å². The molecule has 1 aliphatic rings. The van der Waals surface area contributed by atoms with Gasteiger partial charge in [0, 0.05) is 18.3 Å². The summed E-state index contributed by atoms with van der Waals surface area (Å²) in [6.45, 7) is 0. The molecule has 1 heterocycles. The molecule has 0 spiro atoms. The van der Waals surface area contributed by atoms with E-state index in [1.165, 1.54) is 18.3 Å². The first kappa shape index (κ1) is 13.7. The van der Waals surface area contributed by atoms with E-state index in [-0.39, 0.29) is 22.1 Å². The van der Waals surface area contributed by atoms with Gasteiger partial charge in [-0.2, -0.15) is 0 Å². The van der Waals surface area contributed by atoms with Crippen molar-refractivity contribution >= 4 is 21.6 Å². The quantitative estimate of drug-likeness (QED) is 0.821. The summed E-state index contributed by atoms with van der Waals surface area (Å²) < 4.78 is 26.9. The predicted octanol–water partition coefficient (Wildman–Crippen LogP) is 1.28. The zero-order valence-electron chi connectivity index (χ0n) is 9.84. The van der Waals surface area contributed by atoms with Crippen LogP contribution < -0.4 is 10.5 Å². The van der Waals surface area contributed by atoms with Gasteiger partial charge < -0.3 is 5.73 Å². The Balaban J connectivity index is 2.08. The Labute approximate surface area is 112 Å². The average Bonchev–Trinajstić information content (AvgIpc) is 2.32. The van der Waals surface area contributed by atoms with E-state index >= 15 is 0 Å². The summed E-state index contributed by atoms with van der Waals surface area (Å²) in [5.41, 5.74) is 5.79. The van der Waals surface area contributed by atoms with Crippen LogP contribution in [0.5, 0.6) is 0 Å². The Morgan fingerprint density at radius 3 is 2.61 bits per heavy atom. The van der Waals surface area contributed by atoms with Gasteiger partial charge in [-0.15, -0.1) is 0 Å². The van der Waals surface area contributed by atoms with E-state index in [2.05, 4.69) is 9.71 Å². The molecule has 0 bridgehead atoms. The van der Waals surface area contributed by atoms with Crippen molar-refractivity contribution in [3.05, 3.63) is 23.5 Å². The number of hydrogen-bond acceptors (Lipinski definition) is 4. The minimum Gasteiger partial charge on any atom is -0.328 e. The lowest BCUT2D eigenvalue weighted by Gasteiger charge is -2.26. The molecule has 100 valence electrons. The van der Waals surface area contributed by atoms with E-state index in [4.69, 9.17) is 17.3 Å². The fourth-order valence-corrected chi connectivity index (χ4v) is 3.63. The highest BCUT2D eigenvalue weighted by Crippen LogP contribution is 2.20. The molecule has 18 heavy (non-hydrogen) atoms. The molecular formula is C11H16ClN3O2S. The van der Waals surface area contributed by atoms with Gasteiger partial charge in [-0.25, -0.2) is 18.1 Å². The topological polar surface area (TPSA) is 85.1 Å². The van der Waals surface area contributed by atoms with Crippen LogP contribution in [-0.2, 0) is 10.0 Å². The van der Waals surface area contributed by atoms with Crippen LogP contribution in [0.1, 0.15) is 25.7 Å². The van der Waals surface area contributed by atoms with Gasteiger partial charge in [0.2, 0.25) is 10.0 Å². The summed E-state index contributed by atoms with van der Waals surface area (Å²) in [7, 11) is -3.52. The number of halogens is 1. The van der Waals surface area contributed by atoms with E-state index in [1.807, 2.05) is 0 Å². The molecule has 5 nitrogen and oxygen atoms in total. The lowest BCUT2D eigenvalue weighted by Crippen LogP contribution is -2.40. The van der Waals surface area contributed by atoms with Crippen molar-refractivity contribution in [1.29, 1.82) is 0 Å². The van der Waals surface area contributed by atoms with Crippen LogP contribution in [0, 0.1) is 0 Å². The molecule has 1 fully saturated rings. The molecular weight excluding hydrogens is 274 g/mol. The number of nitrogens with two attached hydrogens (primary N) is 1. The zero-order valence-corrected chi connectivity index (χ0v) is 11.4. The fraction of sp³-hybridized carbons (Fsp3) is 0.545. The molecule has 2 rings (SSSR count). The van der Waals surface area contributed by atoms with Gasteiger partial charge in [-0.1, -0.05) is 11.6 Å². The molecule has 0 aliphatic heterocycles. The normalized spacial score (nSPS) is 25.0. The summed E-state index contributed by atoms with van der Waals surface area (Å²) in [4.78, 5) is 3.92. The van der Waals surface area contributed by atoms with Crippen LogP contribution in [-0.4, -0.2) is 25.5 Å². The van der Waals surface area contributed by atoms with E-state index < -0.39 is 10.0 Å². The number of aromatic nitrogens is 1. The number of hydrogen-bond donors (Lipinski definition) is 2. The van der Waals surface area contributed by atoms with Crippen LogP contribution >= 0.6 is 11.6 Å². The standard InChI is InChI=1S/C11H16ClN3O2S/c12-11-7-10(5-6-14-11)18(16,17)15-9-3-1-8(13)2-4-9/h5-9,15H,1-4,13H2. The van der Waals surface area contributed by atoms with E-state index in [0.717, 1.165) is 25.7 Å². The first-order valence-electron chi connectivity index (χ1n) is 5.87. The molecule has 0 unspecified atom stereocenters. The van der Waals surface area contributed by atoms with Crippen LogP contribution in [0.25, 0.3) is 0 Å². The fourth-order valence-electron chi connectivity index (χ4n) is 2.08. The molecule has 1 aromatic rings. The third kappa shape index (κ3) is 3.41. The largest absolute Gasteiger partial charge is 0.328 e. The number of sulfonamides is 1. The highest BCUT2D eigenvalue weighted by molar-refractivity contribution is 7.89. The third-order valence-corrected chi connectivity index (χ3v) is 4.83. The summed E-state index contributed by atoms with van der Waals surface area (Å²) in [5.74, 6) is 0. The molecule has 7 heteroatoms. The van der Waals surface area contributed by atoms with Crippen molar-refractivity contribution in [3.63, 3.8) is 0 Å². The van der Waals surface area contributed by atoms with Gasteiger partial charge in [0.05, 0.1) is 4.90 Å². The molecule has 1 aromatic heterocycles. The van der Waals surface area contributed by atoms with Gasteiger partial charge in [-0.3, -0.25) is 0 Å². The van der Waals surface area contributed by atoms with Gasteiger partial charge in [-0.05, 0) is 37.8 Å². The van der Waals surface area contributed by atoms with E-state index in [9.17, 15) is 8.42 Å². The molecule has 0 aromatic carbocycles. The highest BCUT2D eigenvalue weighted by atomic mass is 35.5. The van der Waals surface area contributed by atoms with E-state index in [0.29, 0.717) is 0 Å². The van der Waals surface area contributed by atoms with Crippen LogP contribution in [0.4, 0.5) is 0 Å². The van der Waals surface area contributed by atoms with Crippen molar-refractivity contribution in [2.24, 2.45) is 5.73 Å². The smallest absolute Gasteiger partial charge is 0.240 e. The first-order valence-corrected chi connectivity index (χ1v) is 7.73. The predicted molar refractivity (Wildman–Crippen MR) is 69.8 cm³/mol. The minimum atomic E-state index is -3.52. The van der Waals surface area contributed by atoms with Crippen LogP contribution in [0.2, 0.25) is 5.15 Å². The summed E-state index contributed by atoms with van der Waals surface area (Å²) >= 11 is 5.69. The number of pyridine rings is 1.